The maximum Gasteiger partial charge on any atom is 0.228 e. The smallest absolute Gasteiger partial charge is 0.228 e. The highest BCUT2D eigenvalue weighted by Crippen LogP contribution is 2.47. The van der Waals surface area contributed by atoms with E-state index < -0.39 is 43.4 Å². The van der Waals surface area contributed by atoms with Gasteiger partial charge in [0.15, 0.2) is 17.6 Å². The van der Waals surface area contributed by atoms with E-state index in [2.05, 4.69) is 0 Å². The fourth-order valence-corrected chi connectivity index (χ4v) is 4.04. The molecule has 6 atom stereocenters. The lowest BCUT2D eigenvalue weighted by molar-refractivity contribution is -0.293. The summed E-state index contributed by atoms with van der Waals surface area (Å²) in [4.78, 5) is 0. The number of aromatic hydroxyl groups is 2. The summed E-state index contributed by atoms with van der Waals surface area (Å²) in [5, 5.41) is 61.1. The molecular weight excluding hydrogens is 480 g/mol. The van der Waals surface area contributed by atoms with Crippen LogP contribution in [0.2, 0.25) is 0 Å². The maximum atomic E-state index is 10.5. The predicted molar refractivity (Wildman–Crippen MR) is 122 cm³/mol. The number of methoxy groups -OCH3 is 3. The SMILES string of the molecule is COc1cc(O)c2c(c1)OC(c1cc(OC)c(O)c(OC)c1)C(OC1OC(CO)C(O)C(O)C1O)=C2. The maximum absolute atomic E-state index is 10.5. The summed E-state index contributed by atoms with van der Waals surface area (Å²) in [5.74, 6) is 0.348. The van der Waals surface area contributed by atoms with Crippen molar-refractivity contribution < 1.29 is 59.1 Å². The first-order valence-corrected chi connectivity index (χ1v) is 10.9. The van der Waals surface area contributed by atoms with Gasteiger partial charge in [0.1, 0.15) is 47.4 Å². The van der Waals surface area contributed by atoms with Gasteiger partial charge in [-0.3, -0.25) is 0 Å². The molecule has 2 aromatic carbocycles. The summed E-state index contributed by atoms with van der Waals surface area (Å²) in [6.45, 7) is -0.639. The van der Waals surface area contributed by atoms with Crippen LogP contribution in [0.4, 0.5) is 0 Å². The molecule has 2 aliphatic rings. The second kappa shape index (κ2) is 10.3. The standard InChI is InChI=1S/C24H28O12/c1-31-11-6-13(26)12-8-17(35-24-22(30)21(29)20(28)18(9-25)36-24)23(34-14(12)7-11)10-4-15(32-2)19(27)16(5-10)33-3/h4-8,18,20-30H,9H2,1-3H3. The molecule has 2 heterocycles. The highest BCUT2D eigenvalue weighted by Gasteiger charge is 2.46. The Morgan fingerprint density at radius 1 is 0.861 bits per heavy atom. The van der Waals surface area contributed by atoms with Crippen LogP contribution in [0.15, 0.2) is 30.0 Å². The van der Waals surface area contributed by atoms with Crippen LogP contribution >= 0.6 is 0 Å². The van der Waals surface area contributed by atoms with Gasteiger partial charge in [-0.1, -0.05) is 0 Å². The van der Waals surface area contributed by atoms with Crippen molar-refractivity contribution in [2.24, 2.45) is 0 Å². The van der Waals surface area contributed by atoms with E-state index in [0.717, 1.165) is 0 Å². The van der Waals surface area contributed by atoms with Crippen molar-refractivity contribution in [3.63, 3.8) is 0 Å². The second-order valence-corrected chi connectivity index (χ2v) is 8.19. The monoisotopic (exact) mass is 508 g/mol. The summed E-state index contributed by atoms with van der Waals surface area (Å²) >= 11 is 0. The van der Waals surface area contributed by atoms with Crippen molar-refractivity contribution in [1.29, 1.82) is 0 Å². The van der Waals surface area contributed by atoms with Gasteiger partial charge in [0.25, 0.3) is 0 Å². The summed E-state index contributed by atoms with van der Waals surface area (Å²) in [5.41, 5.74) is 0.634. The fraction of sp³-hybridized carbons (Fsp3) is 0.417. The number of rotatable bonds is 7. The lowest BCUT2D eigenvalue weighted by Gasteiger charge is -2.41. The average molecular weight is 508 g/mol. The van der Waals surface area contributed by atoms with Crippen molar-refractivity contribution >= 4 is 6.08 Å². The first-order valence-electron chi connectivity index (χ1n) is 10.9. The minimum atomic E-state index is -1.68. The second-order valence-electron chi connectivity index (χ2n) is 8.19. The minimum Gasteiger partial charge on any atom is -0.507 e. The lowest BCUT2D eigenvalue weighted by atomic mass is 9.98. The minimum absolute atomic E-state index is 0.0297. The van der Waals surface area contributed by atoms with E-state index in [4.69, 9.17) is 28.4 Å². The number of phenolic OH excluding ortho intramolecular Hbond substituents is 2. The van der Waals surface area contributed by atoms with Crippen LogP contribution in [0.3, 0.4) is 0 Å². The van der Waals surface area contributed by atoms with Crippen molar-refractivity contribution in [2.75, 3.05) is 27.9 Å². The van der Waals surface area contributed by atoms with E-state index in [-0.39, 0.29) is 40.1 Å². The Balaban J connectivity index is 1.80. The zero-order valence-electron chi connectivity index (χ0n) is 19.7. The van der Waals surface area contributed by atoms with Gasteiger partial charge in [0.2, 0.25) is 12.0 Å². The summed E-state index contributed by atoms with van der Waals surface area (Å²) in [7, 11) is 4.15. The van der Waals surface area contributed by atoms with Gasteiger partial charge < -0.3 is 59.1 Å². The molecule has 12 heteroatoms. The molecule has 0 bridgehead atoms. The number of hydrogen-bond acceptors (Lipinski definition) is 12. The molecule has 1 fully saturated rings. The molecule has 4 rings (SSSR count). The fourth-order valence-electron chi connectivity index (χ4n) is 4.04. The van der Waals surface area contributed by atoms with E-state index >= 15 is 0 Å². The Labute approximate surface area is 206 Å². The molecule has 2 aromatic rings. The Kier molecular flexibility index (Phi) is 7.33. The zero-order chi connectivity index (χ0) is 26.1. The number of ether oxygens (including phenoxy) is 6. The number of hydrogen-bond donors (Lipinski definition) is 6. The number of aliphatic hydroxyl groups is 4. The van der Waals surface area contributed by atoms with Crippen LogP contribution in [-0.2, 0) is 9.47 Å². The highest BCUT2D eigenvalue weighted by molar-refractivity contribution is 5.70. The first kappa shape index (κ1) is 25.7. The van der Waals surface area contributed by atoms with Gasteiger partial charge in [-0.15, -0.1) is 0 Å². The van der Waals surface area contributed by atoms with Crippen LogP contribution in [0.25, 0.3) is 6.08 Å². The number of benzene rings is 2. The molecule has 0 spiro atoms. The molecule has 0 amide bonds. The van der Waals surface area contributed by atoms with Crippen molar-refractivity contribution in [1.82, 2.24) is 0 Å². The highest BCUT2D eigenvalue weighted by atomic mass is 16.7. The number of phenols is 2. The normalized spacial score (nSPS) is 27.4. The van der Waals surface area contributed by atoms with Gasteiger partial charge in [-0.25, -0.2) is 0 Å². The molecule has 196 valence electrons. The molecule has 36 heavy (non-hydrogen) atoms. The van der Waals surface area contributed by atoms with Gasteiger partial charge >= 0.3 is 0 Å². The number of aliphatic hydroxyl groups excluding tert-OH is 4. The molecule has 12 nitrogen and oxygen atoms in total. The Bertz CT molecular complexity index is 1110. The third kappa shape index (κ3) is 4.56. The van der Waals surface area contributed by atoms with E-state index in [1.807, 2.05) is 0 Å². The molecule has 0 aliphatic carbocycles. The summed E-state index contributed by atoms with van der Waals surface area (Å²) < 4.78 is 33.2. The van der Waals surface area contributed by atoms with E-state index in [1.54, 1.807) is 6.07 Å². The molecule has 6 N–H and O–H groups in total. The van der Waals surface area contributed by atoms with E-state index in [9.17, 15) is 30.6 Å². The van der Waals surface area contributed by atoms with E-state index in [1.165, 1.54) is 45.6 Å². The average Bonchev–Trinajstić information content (AvgIpc) is 2.88. The van der Waals surface area contributed by atoms with Crippen molar-refractivity contribution in [2.45, 2.75) is 36.8 Å². The third-order valence-electron chi connectivity index (χ3n) is 6.02. The quantitative estimate of drug-likeness (QED) is 0.304. The predicted octanol–water partition coefficient (Wildman–Crippen LogP) is 0.415. The summed E-state index contributed by atoms with van der Waals surface area (Å²) in [6, 6.07) is 5.89. The largest absolute Gasteiger partial charge is 0.507 e. The van der Waals surface area contributed by atoms with Crippen LogP contribution in [-0.4, -0.2) is 89.3 Å². The van der Waals surface area contributed by atoms with E-state index in [0.29, 0.717) is 11.3 Å². The first-order chi connectivity index (χ1) is 17.2. The van der Waals surface area contributed by atoms with Crippen molar-refractivity contribution in [3.8, 4) is 34.5 Å². The Hall–Kier alpha value is -3.42. The van der Waals surface area contributed by atoms with Gasteiger partial charge in [-0.05, 0) is 18.2 Å². The summed E-state index contributed by atoms with van der Waals surface area (Å²) in [6.07, 6.45) is -7.22. The van der Waals surface area contributed by atoms with Crippen LogP contribution in [0.1, 0.15) is 17.2 Å². The van der Waals surface area contributed by atoms with Crippen molar-refractivity contribution in [3.05, 3.63) is 41.2 Å². The molecule has 0 aromatic heterocycles. The number of fused-ring (bicyclic) bond motifs is 1. The molecular formula is C24H28O12. The topological polar surface area (TPSA) is 177 Å². The molecule has 0 radical (unpaired) electrons. The third-order valence-corrected chi connectivity index (χ3v) is 6.02. The zero-order valence-corrected chi connectivity index (χ0v) is 19.7. The Morgan fingerprint density at radius 3 is 2.11 bits per heavy atom. The van der Waals surface area contributed by atoms with Gasteiger partial charge in [-0.2, -0.15) is 0 Å². The molecule has 2 aliphatic heterocycles. The lowest BCUT2D eigenvalue weighted by Crippen LogP contribution is -2.59. The Morgan fingerprint density at radius 2 is 1.53 bits per heavy atom. The van der Waals surface area contributed by atoms with Gasteiger partial charge in [0.05, 0.1) is 33.5 Å². The van der Waals surface area contributed by atoms with Crippen LogP contribution < -0.4 is 18.9 Å². The van der Waals surface area contributed by atoms with Crippen LogP contribution in [0, 0.1) is 0 Å². The molecule has 6 unspecified atom stereocenters. The molecule has 1 saturated heterocycles. The van der Waals surface area contributed by atoms with Gasteiger partial charge in [0, 0.05) is 17.7 Å². The molecule has 0 saturated carbocycles. The van der Waals surface area contributed by atoms with Crippen LogP contribution in [0.5, 0.6) is 34.5 Å².